The lowest BCUT2D eigenvalue weighted by molar-refractivity contribution is -0.140. The molecule has 94 valence electrons. The number of unbranched alkanes of at least 4 members (excludes halogenated alkanes) is 1. The Hall–Kier alpha value is -1.78. The van der Waals surface area contributed by atoms with Crippen molar-refractivity contribution in [2.45, 2.75) is 19.3 Å². The van der Waals surface area contributed by atoms with Crippen LogP contribution in [-0.2, 0) is 9.53 Å². The molecule has 0 aromatic heterocycles. The zero-order chi connectivity index (χ0) is 12.7. The van der Waals surface area contributed by atoms with Crippen LogP contribution in [-0.4, -0.2) is 24.8 Å². The largest absolute Gasteiger partial charge is 0.505 e. The molecule has 0 radical (unpaired) electrons. The van der Waals surface area contributed by atoms with E-state index < -0.39 is 11.6 Å². The molecule has 0 saturated carbocycles. The molecule has 1 aromatic carbocycles. The Kier molecular flexibility index (Phi) is 5.26. The van der Waals surface area contributed by atoms with E-state index in [0.717, 1.165) is 6.07 Å². The van der Waals surface area contributed by atoms with Gasteiger partial charge < -0.3 is 14.6 Å². The van der Waals surface area contributed by atoms with Crippen molar-refractivity contribution in [1.29, 1.82) is 0 Å². The summed E-state index contributed by atoms with van der Waals surface area (Å²) in [6.45, 7) is 0.405. The predicted octanol–water partition coefficient (Wildman–Crippen LogP) is 2.25. The van der Waals surface area contributed by atoms with Crippen molar-refractivity contribution in [3.8, 4) is 11.5 Å². The number of hydrogen-bond acceptors (Lipinski definition) is 4. The maximum Gasteiger partial charge on any atom is 0.305 e. The number of methoxy groups -OCH3 is 1. The third kappa shape index (κ3) is 4.72. The number of ether oxygens (including phenoxy) is 2. The maximum atomic E-state index is 12.7. The van der Waals surface area contributed by atoms with Gasteiger partial charge >= 0.3 is 5.97 Å². The van der Waals surface area contributed by atoms with Crippen LogP contribution in [0, 0.1) is 5.82 Å². The molecule has 0 aliphatic heterocycles. The van der Waals surface area contributed by atoms with E-state index in [9.17, 15) is 9.18 Å². The molecule has 4 nitrogen and oxygen atoms in total. The van der Waals surface area contributed by atoms with Gasteiger partial charge in [-0.05, 0) is 25.0 Å². The highest BCUT2D eigenvalue weighted by Gasteiger charge is 2.03. The van der Waals surface area contributed by atoms with Crippen LogP contribution in [0.25, 0.3) is 0 Å². The summed E-state index contributed by atoms with van der Waals surface area (Å²) in [6.07, 6.45) is 1.71. The minimum absolute atomic E-state index is 0.246. The maximum absolute atomic E-state index is 12.7. The van der Waals surface area contributed by atoms with Crippen LogP contribution in [0.1, 0.15) is 19.3 Å². The molecule has 0 aliphatic rings. The second-order valence-corrected chi connectivity index (χ2v) is 3.49. The minimum Gasteiger partial charge on any atom is -0.505 e. The molecule has 5 heteroatoms. The first-order valence-corrected chi connectivity index (χ1v) is 5.31. The van der Waals surface area contributed by atoms with Crippen molar-refractivity contribution in [2.75, 3.05) is 13.7 Å². The predicted molar refractivity (Wildman–Crippen MR) is 59.4 cm³/mol. The number of phenolic OH excluding ortho intramolecular Hbond substituents is 1. The Balaban J connectivity index is 2.22. The lowest BCUT2D eigenvalue weighted by atomic mass is 10.2. The Morgan fingerprint density at radius 3 is 2.82 bits per heavy atom. The van der Waals surface area contributed by atoms with Crippen LogP contribution in [0.5, 0.6) is 11.5 Å². The lowest BCUT2D eigenvalue weighted by Crippen LogP contribution is -2.02. The number of rotatable bonds is 6. The molecule has 0 heterocycles. The molecular formula is C12H15FO4. The van der Waals surface area contributed by atoms with Gasteiger partial charge in [-0.15, -0.1) is 0 Å². The first-order valence-electron chi connectivity index (χ1n) is 5.31. The molecule has 17 heavy (non-hydrogen) atoms. The number of carbonyl (C=O) groups is 1. The van der Waals surface area contributed by atoms with Crippen LogP contribution >= 0.6 is 0 Å². The molecule has 1 aromatic rings. The normalized spacial score (nSPS) is 10.0. The molecule has 0 bridgehead atoms. The van der Waals surface area contributed by atoms with E-state index in [1.807, 2.05) is 0 Å². The fourth-order valence-electron chi connectivity index (χ4n) is 1.25. The number of halogens is 1. The second-order valence-electron chi connectivity index (χ2n) is 3.49. The van der Waals surface area contributed by atoms with Gasteiger partial charge in [0.15, 0.2) is 11.6 Å². The van der Waals surface area contributed by atoms with E-state index in [2.05, 4.69) is 4.74 Å². The fourth-order valence-corrected chi connectivity index (χ4v) is 1.25. The van der Waals surface area contributed by atoms with Crippen molar-refractivity contribution in [2.24, 2.45) is 0 Å². The van der Waals surface area contributed by atoms with Crippen LogP contribution in [0.4, 0.5) is 4.39 Å². The summed E-state index contributed by atoms with van der Waals surface area (Å²) in [5.41, 5.74) is 0. The van der Waals surface area contributed by atoms with E-state index >= 15 is 0 Å². The molecule has 0 saturated heterocycles. The van der Waals surface area contributed by atoms with E-state index in [-0.39, 0.29) is 5.97 Å². The van der Waals surface area contributed by atoms with Crippen LogP contribution in [0.3, 0.4) is 0 Å². The Bertz CT molecular complexity index is 379. The topological polar surface area (TPSA) is 55.8 Å². The summed E-state index contributed by atoms with van der Waals surface area (Å²) in [7, 11) is 1.35. The summed E-state index contributed by atoms with van der Waals surface area (Å²) in [5.74, 6) is -0.952. The number of aromatic hydroxyl groups is 1. The van der Waals surface area contributed by atoms with Gasteiger partial charge in [-0.1, -0.05) is 0 Å². The molecule has 0 aliphatic carbocycles. The smallest absolute Gasteiger partial charge is 0.305 e. The Morgan fingerprint density at radius 2 is 2.18 bits per heavy atom. The van der Waals surface area contributed by atoms with Crippen LogP contribution < -0.4 is 4.74 Å². The van der Waals surface area contributed by atoms with Gasteiger partial charge in [0, 0.05) is 12.5 Å². The number of benzene rings is 1. The zero-order valence-electron chi connectivity index (χ0n) is 9.61. The highest BCUT2D eigenvalue weighted by molar-refractivity contribution is 5.68. The van der Waals surface area contributed by atoms with E-state index in [4.69, 9.17) is 9.84 Å². The average Bonchev–Trinajstić information content (AvgIpc) is 2.33. The number of esters is 1. The molecule has 0 fully saturated rings. The summed E-state index contributed by atoms with van der Waals surface area (Å²) in [5, 5.41) is 9.09. The third-order valence-electron chi connectivity index (χ3n) is 2.19. The summed E-state index contributed by atoms with van der Waals surface area (Å²) in [4.78, 5) is 10.8. The first kappa shape index (κ1) is 13.3. The van der Waals surface area contributed by atoms with Gasteiger partial charge in [0.1, 0.15) is 5.75 Å². The molecule has 0 amide bonds. The van der Waals surface area contributed by atoms with Crippen molar-refractivity contribution in [3.63, 3.8) is 0 Å². The molecule has 1 rings (SSSR count). The van der Waals surface area contributed by atoms with Crippen molar-refractivity contribution in [1.82, 2.24) is 0 Å². The number of phenols is 1. The quantitative estimate of drug-likeness (QED) is 0.614. The van der Waals surface area contributed by atoms with Crippen molar-refractivity contribution >= 4 is 5.97 Å². The van der Waals surface area contributed by atoms with Crippen LogP contribution in [0.2, 0.25) is 0 Å². The summed E-state index contributed by atoms with van der Waals surface area (Å²) < 4.78 is 22.5. The van der Waals surface area contributed by atoms with Crippen LogP contribution in [0.15, 0.2) is 18.2 Å². The van der Waals surface area contributed by atoms with Gasteiger partial charge in [-0.2, -0.15) is 0 Å². The molecular weight excluding hydrogens is 227 g/mol. The Morgan fingerprint density at radius 1 is 1.41 bits per heavy atom. The minimum atomic E-state index is -0.678. The summed E-state index contributed by atoms with van der Waals surface area (Å²) >= 11 is 0. The Labute approximate surface area is 99.0 Å². The number of hydrogen-bond donors (Lipinski definition) is 1. The SMILES string of the molecule is COC(=O)CCCCOc1ccc(F)c(O)c1. The standard InChI is InChI=1S/C12H15FO4/c1-16-12(15)4-2-3-7-17-9-5-6-10(13)11(14)8-9/h5-6,8,14H,2-4,7H2,1H3. The zero-order valence-corrected chi connectivity index (χ0v) is 9.61. The van der Waals surface area contributed by atoms with Crippen molar-refractivity contribution < 1.29 is 23.8 Å². The third-order valence-corrected chi connectivity index (χ3v) is 2.19. The lowest BCUT2D eigenvalue weighted by Gasteiger charge is -2.06. The van der Waals surface area contributed by atoms with E-state index in [1.165, 1.54) is 19.2 Å². The molecule has 0 atom stereocenters. The monoisotopic (exact) mass is 242 g/mol. The van der Waals surface area contributed by atoms with Gasteiger partial charge in [-0.3, -0.25) is 4.79 Å². The molecule has 1 N–H and O–H groups in total. The van der Waals surface area contributed by atoms with Crippen molar-refractivity contribution in [3.05, 3.63) is 24.0 Å². The molecule has 0 unspecified atom stereocenters. The fraction of sp³-hybridized carbons (Fsp3) is 0.417. The number of carbonyl (C=O) groups excluding carboxylic acids is 1. The summed E-state index contributed by atoms with van der Waals surface area (Å²) in [6, 6.07) is 3.80. The van der Waals surface area contributed by atoms with Gasteiger partial charge in [0.2, 0.25) is 0 Å². The van der Waals surface area contributed by atoms with E-state index in [1.54, 1.807) is 0 Å². The second kappa shape index (κ2) is 6.73. The van der Waals surface area contributed by atoms with Gasteiger partial charge in [0.25, 0.3) is 0 Å². The first-order chi connectivity index (χ1) is 8.13. The highest BCUT2D eigenvalue weighted by atomic mass is 19.1. The van der Waals surface area contributed by atoms with E-state index in [0.29, 0.717) is 31.6 Å². The van der Waals surface area contributed by atoms with Gasteiger partial charge in [0.05, 0.1) is 13.7 Å². The van der Waals surface area contributed by atoms with Gasteiger partial charge in [-0.25, -0.2) is 4.39 Å². The average molecular weight is 242 g/mol. The highest BCUT2D eigenvalue weighted by Crippen LogP contribution is 2.22. The molecule has 0 spiro atoms.